The summed E-state index contributed by atoms with van der Waals surface area (Å²) in [5.41, 5.74) is 8.52. The van der Waals surface area contributed by atoms with Crippen molar-refractivity contribution in [1.29, 1.82) is 0 Å². The van der Waals surface area contributed by atoms with Crippen LogP contribution in [0.3, 0.4) is 0 Å². The molecule has 13 heavy (non-hydrogen) atoms. The second-order valence-corrected chi connectivity index (χ2v) is 2.98. The Morgan fingerprint density at radius 2 is 2.23 bits per heavy atom. The minimum absolute atomic E-state index is 0.150. The molecule has 0 radical (unpaired) electrons. The van der Waals surface area contributed by atoms with Gasteiger partial charge >= 0.3 is 0 Å². The molecule has 0 aliphatic carbocycles. The highest BCUT2D eigenvalue weighted by atomic mass is 16.5. The molecule has 1 rings (SSSR count). The van der Waals surface area contributed by atoms with Crippen LogP contribution >= 0.6 is 0 Å². The fourth-order valence-corrected chi connectivity index (χ4v) is 1.12. The molecule has 1 aliphatic heterocycles. The number of nitrogens with two attached hydrogens (primary N) is 1. The monoisotopic (exact) mass is 188 g/mol. The highest BCUT2D eigenvalue weighted by Crippen LogP contribution is 1.94. The van der Waals surface area contributed by atoms with Crippen LogP contribution < -0.4 is 11.2 Å². The molecule has 6 heteroatoms. The molecular weight excluding hydrogens is 172 g/mol. The minimum atomic E-state index is -0.150. The number of hydrogen-bond donors (Lipinski definition) is 3. The first-order valence-corrected chi connectivity index (χ1v) is 4.30. The van der Waals surface area contributed by atoms with E-state index in [0.717, 1.165) is 26.3 Å². The third-order valence-electron chi connectivity index (χ3n) is 1.95. The average molecular weight is 188 g/mol. The standard InChI is InChI=1S/C7H16N4O2/c1-6(7(8)10-12)9-11-2-4-13-5-3-11/h6,9,12H,2-5H2,1H3,(H2,8,10). The molecule has 1 atom stereocenters. The Labute approximate surface area is 77.3 Å². The summed E-state index contributed by atoms with van der Waals surface area (Å²) in [4.78, 5) is 0. The molecule has 1 unspecified atom stereocenters. The van der Waals surface area contributed by atoms with Crippen molar-refractivity contribution < 1.29 is 9.94 Å². The van der Waals surface area contributed by atoms with E-state index in [1.54, 1.807) is 0 Å². The van der Waals surface area contributed by atoms with Crippen LogP contribution in [0.5, 0.6) is 0 Å². The van der Waals surface area contributed by atoms with Crippen LogP contribution in [-0.4, -0.2) is 48.4 Å². The molecular formula is C7H16N4O2. The van der Waals surface area contributed by atoms with Crippen molar-refractivity contribution in [3.8, 4) is 0 Å². The molecule has 1 fully saturated rings. The summed E-state index contributed by atoms with van der Waals surface area (Å²) in [6.07, 6.45) is 0. The van der Waals surface area contributed by atoms with Crippen LogP contribution in [0.4, 0.5) is 0 Å². The summed E-state index contributed by atoms with van der Waals surface area (Å²) in [6, 6.07) is -0.150. The fourth-order valence-electron chi connectivity index (χ4n) is 1.12. The third kappa shape index (κ3) is 3.17. The van der Waals surface area contributed by atoms with Gasteiger partial charge in [-0.1, -0.05) is 5.16 Å². The van der Waals surface area contributed by atoms with Crippen molar-refractivity contribution in [2.24, 2.45) is 10.9 Å². The Bertz CT molecular complexity index is 179. The predicted molar refractivity (Wildman–Crippen MR) is 48.4 cm³/mol. The van der Waals surface area contributed by atoms with Crippen molar-refractivity contribution >= 4 is 5.84 Å². The van der Waals surface area contributed by atoms with E-state index in [0.29, 0.717) is 0 Å². The first kappa shape index (κ1) is 10.2. The third-order valence-corrected chi connectivity index (χ3v) is 1.95. The van der Waals surface area contributed by atoms with Crippen LogP contribution in [-0.2, 0) is 4.74 Å². The Morgan fingerprint density at radius 1 is 1.62 bits per heavy atom. The number of ether oxygens (including phenoxy) is 1. The van der Waals surface area contributed by atoms with Gasteiger partial charge in [0.15, 0.2) is 5.84 Å². The van der Waals surface area contributed by atoms with Crippen LogP contribution in [0.25, 0.3) is 0 Å². The highest BCUT2D eigenvalue weighted by Gasteiger charge is 2.14. The molecule has 76 valence electrons. The van der Waals surface area contributed by atoms with Gasteiger partial charge in [0.1, 0.15) is 0 Å². The molecule has 0 bridgehead atoms. The minimum Gasteiger partial charge on any atom is -0.409 e. The molecule has 4 N–H and O–H groups in total. The summed E-state index contributed by atoms with van der Waals surface area (Å²) >= 11 is 0. The molecule has 0 aromatic carbocycles. The Balaban J connectivity index is 2.30. The number of nitrogens with zero attached hydrogens (tertiary/aromatic N) is 2. The quantitative estimate of drug-likeness (QED) is 0.228. The van der Waals surface area contributed by atoms with E-state index in [1.165, 1.54) is 0 Å². The SMILES string of the molecule is CC(NN1CCOCC1)C(N)=NO. The Morgan fingerprint density at radius 3 is 2.77 bits per heavy atom. The van der Waals surface area contributed by atoms with Crippen LogP contribution in [0.15, 0.2) is 5.16 Å². The zero-order valence-corrected chi connectivity index (χ0v) is 7.73. The lowest BCUT2D eigenvalue weighted by Gasteiger charge is -2.29. The van der Waals surface area contributed by atoms with Gasteiger partial charge in [-0.05, 0) is 6.92 Å². The van der Waals surface area contributed by atoms with Gasteiger partial charge in [-0.2, -0.15) is 0 Å². The maximum atomic E-state index is 8.41. The van der Waals surface area contributed by atoms with E-state index < -0.39 is 0 Å². The fraction of sp³-hybridized carbons (Fsp3) is 0.857. The van der Waals surface area contributed by atoms with Crippen molar-refractivity contribution in [2.75, 3.05) is 26.3 Å². The van der Waals surface area contributed by atoms with Crippen LogP contribution in [0, 0.1) is 0 Å². The molecule has 1 aliphatic rings. The number of oxime groups is 1. The van der Waals surface area contributed by atoms with Crippen LogP contribution in [0.1, 0.15) is 6.92 Å². The highest BCUT2D eigenvalue weighted by molar-refractivity contribution is 5.84. The van der Waals surface area contributed by atoms with E-state index in [4.69, 9.17) is 15.7 Å². The topological polar surface area (TPSA) is 83.1 Å². The van der Waals surface area contributed by atoms with Gasteiger partial charge in [-0.25, -0.2) is 10.4 Å². The molecule has 0 saturated carbocycles. The summed E-state index contributed by atoms with van der Waals surface area (Å²) in [5.74, 6) is 0.187. The van der Waals surface area contributed by atoms with Crippen molar-refractivity contribution in [1.82, 2.24) is 10.4 Å². The van der Waals surface area contributed by atoms with Gasteiger partial charge < -0.3 is 15.7 Å². The Hall–Kier alpha value is -0.850. The maximum Gasteiger partial charge on any atom is 0.157 e. The summed E-state index contributed by atoms with van der Waals surface area (Å²) in [5, 5.41) is 13.3. The lowest BCUT2D eigenvalue weighted by atomic mass is 10.3. The second kappa shape index (κ2) is 5.00. The lowest BCUT2D eigenvalue weighted by Crippen LogP contribution is -2.53. The Kier molecular flexibility index (Phi) is 3.94. The summed E-state index contributed by atoms with van der Waals surface area (Å²) < 4.78 is 5.18. The summed E-state index contributed by atoms with van der Waals surface area (Å²) in [6.45, 7) is 4.92. The van der Waals surface area contributed by atoms with Gasteiger partial charge in [0, 0.05) is 13.1 Å². The second-order valence-electron chi connectivity index (χ2n) is 2.98. The molecule has 0 spiro atoms. The van der Waals surface area contributed by atoms with Crippen LogP contribution in [0.2, 0.25) is 0 Å². The van der Waals surface area contributed by atoms with E-state index >= 15 is 0 Å². The predicted octanol–water partition coefficient (Wildman–Crippen LogP) is -1.04. The van der Waals surface area contributed by atoms with Gasteiger partial charge in [0.25, 0.3) is 0 Å². The molecule has 1 saturated heterocycles. The molecule has 6 nitrogen and oxygen atoms in total. The van der Waals surface area contributed by atoms with E-state index in [2.05, 4.69) is 10.6 Å². The average Bonchev–Trinajstić information content (AvgIpc) is 2.18. The van der Waals surface area contributed by atoms with E-state index in [9.17, 15) is 0 Å². The van der Waals surface area contributed by atoms with Gasteiger partial charge in [-0.3, -0.25) is 0 Å². The smallest absolute Gasteiger partial charge is 0.157 e. The van der Waals surface area contributed by atoms with Crippen molar-refractivity contribution in [3.63, 3.8) is 0 Å². The van der Waals surface area contributed by atoms with E-state index in [-0.39, 0.29) is 11.9 Å². The maximum absolute atomic E-state index is 8.41. The van der Waals surface area contributed by atoms with Crippen molar-refractivity contribution in [2.45, 2.75) is 13.0 Å². The summed E-state index contributed by atoms with van der Waals surface area (Å²) in [7, 11) is 0. The van der Waals surface area contributed by atoms with E-state index in [1.807, 2.05) is 11.9 Å². The zero-order valence-electron chi connectivity index (χ0n) is 7.73. The van der Waals surface area contributed by atoms with Gasteiger partial charge in [0.2, 0.25) is 0 Å². The molecule has 0 aromatic heterocycles. The van der Waals surface area contributed by atoms with Gasteiger partial charge in [0.05, 0.1) is 19.3 Å². The largest absolute Gasteiger partial charge is 0.409 e. The number of amidine groups is 1. The normalized spacial score (nSPS) is 23.0. The number of hydrazine groups is 1. The number of hydrogen-bond acceptors (Lipinski definition) is 5. The molecule has 0 aromatic rings. The lowest BCUT2D eigenvalue weighted by molar-refractivity contribution is 0.00940. The first-order chi connectivity index (χ1) is 6.24. The molecule has 1 heterocycles. The number of morpholine rings is 1. The number of nitrogens with one attached hydrogen (secondary N) is 1. The zero-order chi connectivity index (χ0) is 9.68. The number of rotatable bonds is 3. The van der Waals surface area contributed by atoms with Crippen molar-refractivity contribution in [3.05, 3.63) is 0 Å². The van der Waals surface area contributed by atoms with Gasteiger partial charge in [-0.15, -0.1) is 0 Å². The molecule has 0 amide bonds. The first-order valence-electron chi connectivity index (χ1n) is 4.30.